The summed E-state index contributed by atoms with van der Waals surface area (Å²) in [4.78, 5) is 12.4. The Labute approximate surface area is 144 Å². The van der Waals surface area contributed by atoms with E-state index in [9.17, 15) is 4.79 Å². The van der Waals surface area contributed by atoms with Crippen molar-refractivity contribution in [2.24, 2.45) is 5.92 Å². The van der Waals surface area contributed by atoms with Crippen molar-refractivity contribution in [2.45, 2.75) is 44.6 Å². The number of hydrogen-bond donors (Lipinski definition) is 2. The van der Waals surface area contributed by atoms with E-state index >= 15 is 0 Å². The van der Waals surface area contributed by atoms with E-state index in [1.54, 1.807) is 0 Å². The van der Waals surface area contributed by atoms with Crippen LogP contribution in [0.5, 0.6) is 0 Å². The highest BCUT2D eigenvalue weighted by molar-refractivity contribution is 7.99. The van der Waals surface area contributed by atoms with E-state index in [4.69, 9.17) is 0 Å². The predicted molar refractivity (Wildman–Crippen MR) is 99.1 cm³/mol. The number of rotatable bonds is 5. The van der Waals surface area contributed by atoms with Crippen LogP contribution in [0.3, 0.4) is 0 Å². The molecular formula is C17H27ClN2OS. The van der Waals surface area contributed by atoms with Crippen LogP contribution in [0.15, 0.2) is 18.2 Å². The summed E-state index contributed by atoms with van der Waals surface area (Å²) >= 11 is 1.93. The number of carbonyl (C=O) groups excluding carboxylic acids is 1. The predicted octanol–water partition coefficient (Wildman–Crippen LogP) is 4.00. The van der Waals surface area contributed by atoms with Gasteiger partial charge in [0.15, 0.2) is 0 Å². The summed E-state index contributed by atoms with van der Waals surface area (Å²) in [7, 11) is 0. The lowest BCUT2D eigenvalue weighted by Crippen LogP contribution is -2.34. The maximum Gasteiger partial charge on any atom is 0.227 e. The van der Waals surface area contributed by atoms with Crippen molar-refractivity contribution in [1.29, 1.82) is 0 Å². The summed E-state index contributed by atoms with van der Waals surface area (Å²) in [6.45, 7) is 8.42. The number of halogens is 1. The highest BCUT2D eigenvalue weighted by Crippen LogP contribution is 2.25. The van der Waals surface area contributed by atoms with E-state index in [1.165, 1.54) is 11.1 Å². The molecule has 1 aromatic rings. The molecule has 22 heavy (non-hydrogen) atoms. The molecule has 0 spiro atoms. The number of hydrogen-bond acceptors (Lipinski definition) is 3. The van der Waals surface area contributed by atoms with Gasteiger partial charge < -0.3 is 10.6 Å². The minimum Gasteiger partial charge on any atom is -0.326 e. The number of carbonyl (C=O) groups is 1. The van der Waals surface area contributed by atoms with E-state index in [-0.39, 0.29) is 24.2 Å². The molecule has 1 saturated heterocycles. The van der Waals surface area contributed by atoms with E-state index in [0.29, 0.717) is 5.25 Å². The molecule has 3 nitrogen and oxygen atoms in total. The highest BCUT2D eigenvalue weighted by Gasteiger charge is 2.21. The lowest BCUT2D eigenvalue weighted by molar-refractivity contribution is -0.120. The maximum absolute atomic E-state index is 12.4. The van der Waals surface area contributed by atoms with Crippen molar-refractivity contribution in [1.82, 2.24) is 5.32 Å². The fourth-order valence-electron chi connectivity index (χ4n) is 2.55. The molecule has 0 atom stereocenters. The first-order valence-electron chi connectivity index (χ1n) is 7.79. The average molecular weight is 343 g/mol. The first kappa shape index (κ1) is 19.3. The Kier molecular flexibility index (Phi) is 8.29. The van der Waals surface area contributed by atoms with Gasteiger partial charge in [0.05, 0.1) is 0 Å². The topological polar surface area (TPSA) is 41.1 Å². The lowest BCUT2D eigenvalue weighted by atomic mass is 9.97. The van der Waals surface area contributed by atoms with Crippen LogP contribution in [0.25, 0.3) is 0 Å². The molecule has 1 aliphatic rings. The second-order valence-electron chi connectivity index (χ2n) is 5.96. The summed E-state index contributed by atoms with van der Waals surface area (Å²) in [5.74, 6) is 1.33. The summed E-state index contributed by atoms with van der Waals surface area (Å²) < 4.78 is 0. The smallest absolute Gasteiger partial charge is 0.227 e. The number of amides is 1. The fourth-order valence-corrected chi connectivity index (χ4v) is 3.38. The van der Waals surface area contributed by atoms with Crippen molar-refractivity contribution < 1.29 is 4.79 Å². The molecule has 0 aliphatic carbocycles. The van der Waals surface area contributed by atoms with Gasteiger partial charge in [0.25, 0.3) is 0 Å². The zero-order valence-electron chi connectivity index (χ0n) is 13.6. The van der Waals surface area contributed by atoms with Gasteiger partial charge in [0, 0.05) is 17.4 Å². The second kappa shape index (κ2) is 9.43. The molecule has 1 heterocycles. The summed E-state index contributed by atoms with van der Waals surface area (Å²) in [6, 6.07) is 6.21. The molecule has 0 aromatic heterocycles. The van der Waals surface area contributed by atoms with Crippen LogP contribution in [0.1, 0.15) is 37.8 Å². The Hall–Kier alpha value is -0.710. The van der Waals surface area contributed by atoms with Gasteiger partial charge in [-0.1, -0.05) is 26.0 Å². The third kappa shape index (κ3) is 5.49. The molecule has 1 aromatic carbocycles. The minimum absolute atomic E-state index is 0. The Morgan fingerprint density at radius 2 is 2.05 bits per heavy atom. The van der Waals surface area contributed by atoms with Crippen LogP contribution >= 0.6 is 24.2 Å². The average Bonchev–Trinajstić information content (AvgIpc) is 2.49. The summed E-state index contributed by atoms with van der Waals surface area (Å²) in [6.07, 6.45) is 1.88. The SMILES string of the molecule is Cc1c(CSC(C)C)cccc1NC(=O)C1CCNCC1.Cl. The van der Waals surface area contributed by atoms with E-state index in [2.05, 4.69) is 37.5 Å². The van der Waals surface area contributed by atoms with Crippen molar-refractivity contribution in [2.75, 3.05) is 18.4 Å². The zero-order valence-corrected chi connectivity index (χ0v) is 15.3. The highest BCUT2D eigenvalue weighted by atomic mass is 35.5. The maximum atomic E-state index is 12.4. The van der Waals surface area contributed by atoms with Gasteiger partial charge in [-0.3, -0.25) is 4.79 Å². The molecule has 0 saturated carbocycles. The monoisotopic (exact) mass is 342 g/mol. The molecule has 2 rings (SSSR count). The summed E-state index contributed by atoms with van der Waals surface area (Å²) in [5.41, 5.74) is 3.49. The quantitative estimate of drug-likeness (QED) is 0.849. The van der Waals surface area contributed by atoms with Crippen molar-refractivity contribution in [3.05, 3.63) is 29.3 Å². The van der Waals surface area contributed by atoms with Gasteiger partial charge in [0.2, 0.25) is 5.91 Å². The summed E-state index contributed by atoms with van der Waals surface area (Å²) in [5, 5.41) is 7.05. The first-order chi connectivity index (χ1) is 10.1. The molecule has 1 fully saturated rings. The largest absolute Gasteiger partial charge is 0.326 e. The van der Waals surface area contributed by atoms with Gasteiger partial charge in [-0.25, -0.2) is 0 Å². The Bertz CT molecular complexity index is 488. The number of nitrogens with one attached hydrogen (secondary N) is 2. The zero-order chi connectivity index (χ0) is 15.2. The van der Waals surface area contributed by atoms with Crippen LogP contribution in [-0.2, 0) is 10.5 Å². The molecule has 1 aliphatic heterocycles. The van der Waals surface area contributed by atoms with Gasteiger partial charge >= 0.3 is 0 Å². The molecule has 2 N–H and O–H groups in total. The number of thioether (sulfide) groups is 1. The van der Waals surface area contributed by atoms with Gasteiger partial charge in [-0.15, -0.1) is 12.4 Å². The molecule has 124 valence electrons. The standard InChI is InChI=1S/C17H26N2OS.ClH/c1-12(2)21-11-15-5-4-6-16(13(15)3)19-17(20)14-7-9-18-10-8-14;/h4-6,12,14,18H,7-11H2,1-3H3,(H,19,20);1H. The van der Waals surface area contributed by atoms with Crippen molar-refractivity contribution in [3.63, 3.8) is 0 Å². The third-order valence-corrected chi connectivity index (χ3v) is 5.13. The van der Waals surface area contributed by atoms with Crippen molar-refractivity contribution >= 4 is 35.8 Å². The van der Waals surface area contributed by atoms with Gasteiger partial charge in [-0.05, 0) is 55.3 Å². The van der Waals surface area contributed by atoms with Gasteiger partial charge in [0.1, 0.15) is 0 Å². The van der Waals surface area contributed by atoms with Crippen LogP contribution in [0, 0.1) is 12.8 Å². The number of anilines is 1. The van der Waals surface area contributed by atoms with E-state index < -0.39 is 0 Å². The first-order valence-corrected chi connectivity index (χ1v) is 8.84. The number of benzene rings is 1. The normalized spacial score (nSPS) is 15.5. The molecule has 0 radical (unpaired) electrons. The third-order valence-electron chi connectivity index (χ3n) is 3.99. The Morgan fingerprint density at radius 3 is 2.68 bits per heavy atom. The van der Waals surface area contributed by atoms with Crippen LogP contribution < -0.4 is 10.6 Å². The lowest BCUT2D eigenvalue weighted by Gasteiger charge is -2.22. The fraction of sp³-hybridized carbons (Fsp3) is 0.588. The second-order valence-corrected chi connectivity index (χ2v) is 7.53. The van der Waals surface area contributed by atoms with E-state index in [1.807, 2.05) is 23.9 Å². The molecule has 5 heteroatoms. The van der Waals surface area contributed by atoms with Gasteiger partial charge in [-0.2, -0.15) is 11.8 Å². The Balaban J connectivity index is 0.00000242. The molecule has 0 unspecified atom stereocenters. The Morgan fingerprint density at radius 1 is 1.36 bits per heavy atom. The minimum atomic E-state index is 0. The molecular weight excluding hydrogens is 316 g/mol. The number of piperidine rings is 1. The molecule has 1 amide bonds. The molecule has 0 bridgehead atoms. The van der Waals surface area contributed by atoms with Crippen LogP contribution in [0.4, 0.5) is 5.69 Å². The van der Waals surface area contributed by atoms with Crippen LogP contribution in [0.2, 0.25) is 0 Å². The van der Waals surface area contributed by atoms with E-state index in [0.717, 1.165) is 37.4 Å². The van der Waals surface area contributed by atoms with Crippen molar-refractivity contribution in [3.8, 4) is 0 Å². The van der Waals surface area contributed by atoms with Crippen LogP contribution in [-0.4, -0.2) is 24.2 Å².